The molecule has 0 spiro atoms. The number of benzene rings is 1. The Bertz CT molecular complexity index is 584. The second-order valence-electron chi connectivity index (χ2n) is 4.60. The number of aliphatic hydroxyl groups is 2. The summed E-state index contributed by atoms with van der Waals surface area (Å²) in [6, 6.07) is 6.27. The van der Waals surface area contributed by atoms with E-state index in [1.54, 1.807) is 19.2 Å². The Kier molecular flexibility index (Phi) is 7.40. The average Bonchev–Trinajstić information content (AvgIpc) is 2.49. The highest BCUT2D eigenvalue weighted by Crippen LogP contribution is 2.15. The van der Waals surface area contributed by atoms with Crippen molar-refractivity contribution in [2.45, 2.75) is 24.2 Å². The molecule has 1 aromatic rings. The first-order chi connectivity index (χ1) is 10.0. The van der Waals surface area contributed by atoms with Crippen LogP contribution in [0.1, 0.15) is 24.8 Å². The third-order valence-corrected chi connectivity index (χ3v) is 4.88. The van der Waals surface area contributed by atoms with Crippen molar-refractivity contribution >= 4 is 10.0 Å². The van der Waals surface area contributed by atoms with Crippen LogP contribution in [0.15, 0.2) is 29.2 Å². The van der Waals surface area contributed by atoms with Crippen LogP contribution in [0.25, 0.3) is 0 Å². The summed E-state index contributed by atoms with van der Waals surface area (Å²) in [7, 11) is -1.94. The summed E-state index contributed by atoms with van der Waals surface area (Å²) < 4.78 is 26.0. The van der Waals surface area contributed by atoms with Gasteiger partial charge in [0.05, 0.1) is 4.90 Å². The number of nitrogens with zero attached hydrogens (tertiary/aromatic N) is 1. The van der Waals surface area contributed by atoms with E-state index in [4.69, 9.17) is 10.2 Å². The first-order valence-electron chi connectivity index (χ1n) is 6.79. The first-order valence-corrected chi connectivity index (χ1v) is 8.23. The molecule has 1 rings (SSSR count). The lowest BCUT2D eigenvalue weighted by molar-refractivity contribution is 0.281. The summed E-state index contributed by atoms with van der Waals surface area (Å²) in [5.41, 5.74) is 0.661. The Balaban J connectivity index is 2.73. The van der Waals surface area contributed by atoms with E-state index in [1.807, 2.05) is 0 Å². The molecular formula is C15H21NO4S. The molecule has 0 aliphatic heterocycles. The fourth-order valence-corrected chi connectivity index (χ4v) is 2.98. The van der Waals surface area contributed by atoms with Gasteiger partial charge in [-0.25, -0.2) is 12.7 Å². The molecule has 21 heavy (non-hydrogen) atoms. The lowest BCUT2D eigenvalue weighted by atomic mass is 10.2. The molecule has 5 nitrogen and oxygen atoms in total. The van der Waals surface area contributed by atoms with Gasteiger partial charge in [-0.1, -0.05) is 11.8 Å². The minimum absolute atomic E-state index is 0.132. The van der Waals surface area contributed by atoms with Crippen LogP contribution >= 0.6 is 0 Å². The third-order valence-electron chi connectivity index (χ3n) is 3.01. The lowest BCUT2D eigenvalue weighted by Crippen LogP contribution is -2.28. The molecule has 0 atom stereocenters. The number of rotatable bonds is 7. The molecule has 0 aromatic heterocycles. The smallest absolute Gasteiger partial charge is 0.242 e. The van der Waals surface area contributed by atoms with Gasteiger partial charge in [0.15, 0.2) is 0 Å². The normalized spacial score (nSPS) is 11.2. The molecular weight excluding hydrogens is 290 g/mol. The zero-order chi connectivity index (χ0) is 15.7. The topological polar surface area (TPSA) is 77.8 Å². The molecule has 0 radical (unpaired) electrons. The maximum absolute atomic E-state index is 12.3. The second kappa shape index (κ2) is 8.80. The summed E-state index contributed by atoms with van der Waals surface area (Å²) in [6.07, 6.45) is 2.20. The summed E-state index contributed by atoms with van der Waals surface area (Å²) in [5, 5.41) is 17.3. The summed E-state index contributed by atoms with van der Waals surface area (Å²) in [5.74, 6) is 5.23. The monoisotopic (exact) mass is 311 g/mol. The maximum atomic E-state index is 12.3. The maximum Gasteiger partial charge on any atom is 0.242 e. The van der Waals surface area contributed by atoms with Crippen molar-refractivity contribution in [2.24, 2.45) is 0 Å². The molecule has 0 saturated heterocycles. The molecule has 6 heteroatoms. The van der Waals surface area contributed by atoms with Crippen LogP contribution in [-0.2, 0) is 10.0 Å². The van der Waals surface area contributed by atoms with Gasteiger partial charge in [-0.15, -0.1) is 0 Å². The highest BCUT2D eigenvalue weighted by Gasteiger charge is 2.19. The minimum Gasteiger partial charge on any atom is -0.396 e. The van der Waals surface area contributed by atoms with Crippen molar-refractivity contribution in [2.75, 3.05) is 26.8 Å². The molecule has 0 unspecified atom stereocenters. The zero-order valence-corrected chi connectivity index (χ0v) is 12.9. The van der Waals surface area contributed by atoms with Crippen LogP contribution in [0.3, 0.4) is 0 Å². The van der Waals surface area contributed by atoms with Crippen molar-refractivity contribution in [1.82, 2.24) is 4.31 Å². The third kappa shape index (κ3) is 5.48. The van der Waals surface area contributed by atoms with Crippen LogP contribution < -0.4 is 0 Å². The molecule has 0 saturated carbocycles. The highest BCUT2D eigenvalue weighted by atomic mass is 32.2. The van der Waals surface area contributed by atoms with Crippen molar-refractivity contribution in [3.8, 4) is 11.8 Å². The number of sulfonamides is 1. The van der Waals surface area contributed by atoms with Gasteiger partial charge >= 0.3 is 0 Å². The number of hydrogen-bond acceptors (Lipinski definition) is 4. The summed E-state index contributed by atoms with van der Waals surface area (Å²) in [4.78, 5) is 0.224. The van der Waals surface area contributed by atoms with Crippen molar-refractivity contribution in [3.63, 3.8) is 0 Å². The van der Waals surface area contributed by atoms with Gasteiger partial charge in [-0.2, -0.15) is 0 Å². The summed E-state index contributed by atoms with van der Waals surface area (Å²) >= 11 is 0. The van der Waals surface area contributed by atoms with Gasteiger partial charge in [0, 0.05) is 25.8 Å². The Labute approximate surface area is 126 Å². The van der Waals surface area contributed by atoms with Crippen molar-refractivity contribution in [1.29, 1.82) is 0 Å². The molecule has 0 heterocycles. The van der Waals surface area contributed by atoms with Crippen LogP contribution in [-0.4, -0.2) is 49.7 Å². The van der Waals surface area contributed by atoms with Crippen molar-refractivity contribution < 1.29 is 18.6 Å². The second-order valence-corrected chi connectivity index (χ2v) is 6.64. The van der Waals surface area contributed by atoms with E-state index in [1.165, 1.54) is 16.4 Å². The van der Waals surface area contributed by atoms with E-state index in [0.717, 1.165) is 12.8 Å². The zero-order valence-electron chi connectivity index (χ0n) is 12.1. The molecule has 0 bridgehead atoms. The van der Waals surface area contributed by atoms with E-state index in [2.05, 4.69) is 11.8 Å². The largest absolute Gasteiger partial charge is 0.396 e. The molecule has 116 valence electrons. The summed E-state index contributed by atoms with van der Waals surface area (Å²) in [6.45, 7) is 0.331. The fourth-order valence-electron chi connectivity index (χ4n) is 1.78. The van der Waals surface area contributed by atoms with E-state index >= 15 is 0 Å². The molecule has 0 fully saturated rings. The minimum atomic E-state index is -3.49. The van der Waals surface area contributed by atoms with E-state index in [0.29, 0.717) is 18.5 Å². The van der Waals surface area contributed by atoms with Gasteiger partial charge in [0.25, 0.3) is 0 Å². The van der Waals surface area contributed by atoms with Crippen LogP contribution in [0.5, 0.6) is 0 Å². The standard InChI is InChI=1S/C15H21NO4S/c1-16(11-3-2-4-12-17)21(19,20)15-9-7-14(8-10-15)6-5-13-18/h7-10,17-18H,2-4,11-13H2,1H3. The number of unbranched alkanes of at least 4 members (excludes halogenated alkanes) is 2. The number of hydrogen-bond donors (Lipinski definition) is 2. The Morgan fingerprint density at radius 2 is 1.76 bits per heavy atom. The van der Waals surface area contributed by atoms with Gasteiger partial charge in [-0.3, -0.25) is 0 Å². The van der Waals surface area contributed by atoms with Gasteiger partial charge in [0.2, 0.25) is 10.0 Å². The van der Waals surface area contributed by atoms with E-state index in [9.17, 15) is 8.42 Å². The SMILES string of the molecule is CN(CCCCCO)S(=O)(=O)c1ccc(C#CCO)cc1. The Morgan fingerprint density at radius 1 is 1.10 bits per heavy atom. The molecule has 0 amide bonds. The van der Waals surface area contributed by atoms with Crippen LogP contribution in [0.2, 0.25) is 0 Å². The quantitative estimate of drug-likeness (QED) is 0.577. The van der Waals surface area contributed by atoms with Crippen LogP contribution in [0, 0.1) is 11.8 Å². The molecule has 1 aromatic carbocycles. The molecule has 0 aliphatic carbocycles. The van der Waals surface area contributed by atoms with E-state index in [-0.39, 0.29) is 18.1 Å². The molecule has 0 aliphatic rings. The van der Waals surface area contributed by atoms with E-state index < -0.39 is 10.0 Å². The Morgan fingerprint density at radius 3 is 2.33 bits per heavy atom. The van der Waals surface area contributed by atoms with Crippen molar-refractivity contribution in [3.05, 3.63) is 29.8 Å². The predicted molar refractivity (Wildman–Crippen MR) is 81.2 cm³/mol. The first kappa shape index (κ1) is 17.7. The fraction of sp³-hybridized carbons (Fsp3) is 0.467. The lowest BCUT2D eigenvalue weighted by Gasteiger charge is -2.17. The van der Waals surface area contributed by atoms with Gasteiger partial charge in [-0.05, 0) is 43.5 Å². The van der Waals surface area contributed by atoms with Gasteiger partial charge in [0.1, 0.15) is 6.61 Å². The predicted octanol–water partition coefficient (Wildman–Crippen LogP) is 0.813. The number of aliphatic hydroxyl groups excluding tert-OH is 2. The van der Waals surface area contributed by atoms with Crippen LogP contribution in [0.4, 0.5) is 0 Å². The molecule has 2 N–H and O–H groups in total. The Hall–Kier alpha value is -1.39. The van der Waals surface area contributed by atoms with Gasteiger partial charge < -0.3 is 10.2 Å². The highest BCUT2D eigenvalue weighted by molar-refractivity contribution is 7.89. The average molecular weight is 311 g/mol.